The summed E-state index contributed by atoms with van der Waals surface area (Å²) in [5, 5.41) is 10.3. The van der Waals surface area contributed by atoms with Gasteiger partial charge in [-0.05, 0) is 64.7 Å². The highest BCUT2D eigenvalue weighted by Crippen LogP contribution is 2.45. The molecule has 4 aromatic heterocycles. The van der Waals surface area contributed by atoms with Crippen molar-refractivity contribution in [2.45, 2.75) is 0 Å². The van der Waals surface area contributed by atoms with E-state index in [1.165, 1.54) is 37.3 Å². The van der Waals surface area contributed by atoms with Gasteiger partial charge in [0.2, 0.25) is 0 Å². The Labute approximate surface area is 306 Å². The molecule has 12 aromatic rings. The summed E-state index contributed by atoms with van der Waals surface area (Å²) in [4.78, 5) is 10.8. The molecule has 0 atom stereocenters. The fourth-order valence-corrected chi connectivity index (χ4v) is 9.51. The number of thiophene rings is 1. The normalized spacial score (nSPS) is 12.2. The van der Waals surface area contributed by atoms with Gasteiger partial charge in [0, 0.05) is 53.8 Å². The Morgan fingerprint density at radius 1 is 0.509 bits per heavy atom. The molecule has 0 spiro atoms. The Balaban J connectivity index is 1.19. The number of para-hydroxylation sites is 1. The van der Waals surface area contributed by atoms with Crippen LogP contribution >= 0.6 is 11.3 Å². The highest BCUT2D eigenvalue weighted by molar-refractivity contribution is 7.26. The molecular formula is C48H27N3OS. The van der Waals surface area contributed by atoms with E-state index < -0.39 is 0 Å². The number of nitrogens with zero attached hydrogens (tertiary/aromatic N) is 3. The minimum absolute atomic E-state index is 0.687. The van der Waals surface area contributed by atoms with Gasteiger partial charge < -0.3 is 8.98 Å². The summed E-state index contributed by atoms with van der Waals surface area (Å²) < 4.78 is 11.5. The van der Waals surface area contributed by atoms with Crippen LogP contribution in [0.4, 0.5) is 0 Å². The topological polar surface area (TPSA) is 43.9 Å². The quantitative estimate of drug-likeness (QED) is 0.185. The summed E-state index contributed by atoms with van der Waals surface area (Å²) in [7, 11) is 0. The highest BCUT2D eigenvalue weighted by Gasteiger charge is 2.23. The molecule has 5 heteroatoms. The van der Waals surface area contributed by atoms with Crippen molar-refractivity contribution in [2.24, 2.45) is 0 Å². The monoisotopic (exact) mass is 693 g/mol. The van der Waals surface area contributed by atoms with E-state index in [4.69, 9.17) is 14.4 Å². The van der Waals surface area contributed by atoms with Crippen LogP contribution < -0.4 is 0 Å². The Hall–Kier alpha value is -6.82. The summed E-state index contributed by atoms with van der Waals surface area (Å²) in [6.07, 6.45) is 0. The average molecular weight is 694 g/mol. The molecule has 8 aromatic carbocycles. The van der Waals surface area contributed by atoms with Gasteiger partial charge in [-0.1, -0.05) is 115 Å². The summed E-state index contributed by atoms with van der Waals surface area (Å²) in [5.41, 5.74) is 9.04. The zero-order chi connectivity index (χ0) is 34.6. The summed E-state index contributed by atoms with van der Waals surface area (Å²) >= 11 is 1.75. The molecule has 0 aliphatic carbocycles. The number of hydrogen-bond acceptors (Lipinski definition) is 4. The van der Waals surface area contributed by atoms with E-state index in [1.807, 2.05) is 0 Å². The third-order valence-electron chi connectivity index (χ3n) is 10.8. The van der Waals surface area contributed by atoms with E-state index in [0.29, 0.717) is 5.82 Å². The molecule has 0 unspecified atom stereocenters. The fraction of sp³-hybridized carbons (Fsp3) is 0. The van der Waals surface area contributed by atoms with Crippen LogP contribution in [-0.4, -0.2) is 14.5 Å². The molecule has 0 aliphatic heterocycles. The predicted octanol–water partition coefficient (Wildman–Crippen LogP) is 13.5. The molecule has 0 bridgehead atoms. The first-order valence-corrected chi connectivity index (χ1v) is 18.6. The Bertz CT molecular complexity index is 3460. The molecule has 0 amide bonds. The highest BCUT2D eigenvalue weighted by atomic mass is 32.1. The second-order valence-corrected chi connectivity index (χ2v) is 14.8. The summed E-state index contributed by atoms with van der Waals surface area (Å²) in [6.45, 7) is 0. The van der Waals surface area contributed by atoms with Crippen molar-refractivity contribution in [3.8, 4) is 28.3 Å². The average Bonchev–Trinajstić information content (AvgIpc) is 3.89. The first-order valence-electron chi connectivity index (χ1n) is 17.8. The SMILES string of the molecule is c1ccc(-c2nc(-c3cc4ccccc4c4oc5ccc(-n6c7ccccc7c7cc8ccccc8cc76)cc5c34)nc3c2sc2ccccc23)cc1. The predicted molar refractivity (Wildman–Crippen MR) is 222 cm³/mol. The van der Waals surface area contributed by atoms with Gasteiger partial charge in [0.05, 0.1) is 26.9 Å². The number of rotatable bonds is 3. The molecule has 53 heavy (non-hydrogen) atoms. The first kappa shape index (κ1) is 28.8. The van der Waals surface area contributed by atoms with Crippen molar-refractivity contribution < 1.29 is 4.42 Å². The molecular weight excluding hydrogens is 667 g/mol. The maximum atomic E-state index is 6.83. The van der Waals surface area contributed by atoms with Crippen LogP contribution in [0.25, 0.3) is 114 Å². The molecule has 0 saturated carbocycles. The van der Waals surface area contributed by atoms with Crippen LogP contribution in [0, 0.1) is 0 Å². The van der Waals surface area contributed by atoms with Crippen LogP contribution in [0.15, 0.2) is 168 Å². The maximum absolute atomic E-state index is 6.83. The van der Waals surface area contributed by atoms with Crippen molar-refractivity contribution >= 4 is 96.9 Å². The third kappa shape index (κ3) is 4.17. The molecule has 0 N–H and O–H groups in total. The molecule has 4 heterocycles. The van der Waals surface area contributed by atoms with Crippen molar-refractivity contribution in [2.75, 3.05) is 0 Å². The van der Waals surface area contributed by atoms with Gasteiger partial charge in [-0.25, -0.2) is 9.97 Å². The minimum atomic E-state index is 0.687. The maximum Gasteiger partial charge on any atom is 0.161 e. The summed E-state index contributed by atoms with van der Waals surface area (Å²) in [6, 6.07) is 58.3. The lowest BCUT2D eigenvalue weighted by molar-refractivity contribution is 0.672. The smallest absolute Gasteiger partial charge is 0.161 e. The number of benzene rings is 8. The lowest BCUT2D eigenvalue weighted by Crippen LogP contribution is -1.95. The second kappa shape index (κ2) is 10.8. The van der Waals surface area contributed by atoms with Gasteiger partial charge >= 0.3 is 0 Å². The first-order chi connectivity index (χ1) is 26.3. The van der Waals surface area contributed by atoms with Crippen LogP contribution in [0.3, 0.4) is 0 Å². The van der Waals surface area contributed by atoms with Gasteiger partial charge in [0.15, 0.2) is 5.82 Å². The Morgan fingerprint density at radius 2 is 1.23 bits per heavy atom. The number of furan rings is 1. The van der Waals surface area contributed by atoms with E-state index in [9.17, 15) is 0 Å². The lowest BCUT2D eigenvalue weighted by Gasteiger charge is -2.11. The van der Waals surface area contributed by atoms with Crippen LogP contribution in [0.1, 0.15) is 0 Å². The van der Waals surface area contributed by atoms with Crippen LogP contribution in [0.2, 0.25) is 0 Å². The number of aromatic nitrogens is 3. The molecule has 0 fully saturated rings. The largest absolute Gasteiger partial charge is 0.455 e. The van der Waals surface area contributed by atoms with E-state index in [0.717, 1.165) is 70.8 Å². The molecule has 12 rings (SSSR count). The van der Waals surface area contributed by atoms with Gasteiger partial charge in [0.1, 0.15) is 11.2 Å². The van der Waals surface area contributed by atoms with Crippen molar-refractivity contribution in [1.29, 1.82) is 0 Å². The Morgan fingerprint density at radius 3 is 2.09 bits per heavy atom. The zero-order valence-corrected chi connectivity index (χ0v) is 29.1. The van der Waals surface area contributed by atoms with Crippen molar-refractivity contribution in [3.63, 3.8) is 0 Å². The van der Waals surface area contributed by atoms with Gasteiger partial charge in [0.25, 0.3) is 0 Å². The third-order valence-corrected chi connectivity index (χ3v) is 11.9. The van der Waals surface area contributed by atoms with Gasteiger partial charge in [-0.3, -0.25) is 0 Å². The molecule has 0 radical (unpaired) electrons. The standard InChI is InChI=1S/C48H27N3OS/c1-2-12-28(13-3-1)44-47-45(35-19-9-11-21-42(35)53-47)50-48(49-44)38-25-31-16-6-7-17-33(31)46-43(38)37-27-32(22-23-41(37)52-46)51-39-20-10-8-18-34(39)36-24-29-14-4-5-15-30(29)26-40(36)51/h1-27H. The van der Waals surface area contributed by atoms with E-state index in [2.05, 4.69) is 168 Å². The fourth-order valence-electron chi connectivity index (χ4n) is 8.35. The molecule has 0 aliphatic rings. The van der Waals surface area contributed by atoms with Crippen LogP contribution in [-0.2, 0) is 0 Å². The lowest BCUT2D eigenvalue weighted by atomic mass is 9.99. The van der Waals surface area contributed by atoms with Gasteiger partial charge in [-0.15, -0.1) is 11.3 Å². The van der Waals surface area contributed by atoms with Crippen molar-refractivity contribution in [3.05, 3.63) is 164 Å². The van der Waals surface area contributed by atoms with E-state index >= 15 is 0 Å². The van der Waals surface area contributed by atoms with Crippen LogP contribution in [0.5, 0.6) is 0 Å². The molecule has 246 valence electrons. The number of hydrogen-bond donors (Lipinski definition) is 0. The van der Waals surface area contributed by atoms with Crippen molar-refractivity contribution in [1.82, 2.24) is 14.5 Å². The zero-order valence-electron chi connectivity index (χ0n) is 28.2. The molecule has 4 nitrogen and oxygen atoms in total. The Kier molecular flexibility index (Phi) is 5.90. The summed E-state index contributed by atoms with van der Waals surface area (Å²) in [5.74, 6) is 0.687. The van der Waals surface area contributed by atoms with E-state index in [1.54, 1.807) is 11.3 Å². The molecule has 0 saturated heterocycles. The van der Waals surface area contributed by atoms with Gasteiger partial charge in [-0.2, -0.15) is 0 Å². The minimum Gasteiger partial charge on any atom is -0.455 e. The second-order valence-electron chi connectivity index (χ2n) is 13.7. The number of fused-ring (bicyclic) bond motifs is 12. The van der Waals surface area contributed by atoms with E-state index in [-0.39, 0.29) is 0 Å².